The number of aliphatic hydroxyl groups excluding tert-OH is 1. The van der Waals surface area contributed by atoms with Crippen LogP contribution in [0.15, 0.2) is 24.3 Å². The number of hydrogen-bond donors (Lipinski definition) is 3. The van der Waals surface area contributed by atoms with E-state index in [4.69, 9.17) is 9.05 Å². The molecule has 0 radical (unpaired) electrons. The molecule has 0 aromatic rings. The van der Waals surface area contributed by atoms with Gasteiger partial charge in [0, 0.05) is 6.42 Å². The maximum Gasteiger partial charge on any atom is 0.472 e. The summed E-state index contributed by atoms with van der Waals surface area (Å²) in [6, 6.07) is -0.840. The largest absolute Gasteiger partial charge is 0.472 e. The lowest BCUT2D eigenvalue weighted by molar-refractivity contribution is -0.870. The summed E-state index contributed by atoms with van der Waals surface area (Å²) >= 11 is 0. The molecule has 0 rings (SSSR count). The Morgan fingerprint density at radius 2 is 0.806 bits per heavy atom. The Kier molecular flexibility index (Phi) is 49.2. The maximum atomic E-state index is 12.9. The molecule has 1 amide bonds. The van der Waals surface area contributed by atoms with E-state index >= 15 is 0 Å². The van der Waals surface area contributed by atoms with E-state index in [9.17, 15) is 19.4 Å². The third-order valence-corrected chi connectivity index (χ3v) is 14.4. The minimum atomic E-state index is -4.33. The maximum absolute atomic E-state index is 12.9. The number of carbonyl (C=O) groups excluding carboxylic acids is 1. The molecule has 0 fully saturated rings. The minimum Gasteiger partial charge on any atom is -0.387 e. The van der Waals surface area contributed by atoms with Gasteiger partial charge in [-0.1, -0.05) is 263 Å². The predicted octanol–water partition coefficient (Wildman–Crippen LogP) is 17.6. The van der Waals surface area contributed by atoms with E-state index in [1.807, 2.05) is 27.2 Å². The predicted molar refractivity (Wildman–Crippen MR) is 291 cm³/mol. The molecule has 8 nitrogen and oxygen atoms in total. The number of phosphoric acid groups is 1. The van der Waals surface area contributed by atoms with E-state index in [0.29, 0.717) is 17.4 Å². The molecule has 0 spiro atoms. The molecule has 0 saturated carbocycles. The number of phosphoric ester groups is 1. The van der Waals surface area contributed by atoms with Gasteiger partial charge >= 0.3 is 7.82 Å². The normalized spacial score (nSPS) is 14.1. The van der Waals surface area contributed by atoms with Crippen molar-refractivity contribution in [2.45, 2.75) is 302 Å². The van der Waals surface area contributed by atoms with Crippen LogP contribution in [-0.4, -0.2) is 73.4 Å². The van der Waals surface area contributed by atoms with E-state index in [-0.39, 0.29) is 19.1 Å². The molecule has 0 aliphatic rings. The SMILES string of the molecule is CCCCCCCC/C=C/C(O)C(COP(=O)(O)OCC[N+](C)(C)C)NC(=O)CCCCCCCCCCCCCCCCCCCCCCCCCCC/C=C\CCCCCCCCCC. The molecule has 3 atom stereocenters. The van der Waals surface area contributed by atoms with E-state index in [0.717, 1.165) is 38.5 Å². The van der Waals surface area contributed by atoms with Crippen LogP contribution in [0.1, 0.15) is 290 Å². The summed E-state index contributed by atoms with van der Waals surface area (Å²) in [7, 11) is 1.58. The lowest BCUT2D eigenvalue weighted by atomic mass is 10.0. The van der Waals surface area contributed by atoms with Crippen molar-refractivity contribution in [1.82, 2.24) is 5.32 Å². The number of carbonyl (C=O) groups is 1. The highest BCUT2D eigenvalue weighted by Gasteiger charge is 2.27. The quantitative estimate of drug-likeness (QED) is 0.0243. The summed E-state index contributed by atoms with van der Waals surface area (Å²) in [5.41, 5.74) is 0. The van der Waals surface area contributed by atoms with Gasteiger partial charge in [-0.05, 0) is 44.9 Å². The minimum absolute atomic E-state index is 0.0635. The van der Waals surface area contributed by atoms with Crippen LogP contribution < -0.4 is 5.32 Å². The summed E-state index contributed by atoms with van der Waals surface area (Å²) in [5, 5.41) is 13.8. The molecular formula is C58H116N2O6P+. The van der Waals surface area contributed by atoms with E-state index in [1.54, 1.807) is 6.08 Å². The summed E-state index contributed by atoms with van der Waals surface area (Å²) in [4.78, 5) is 23.1. The van der Waals surface area contributed by atoms with Crippen LogP contribution in [0, 0.1) is 0 Å². The van der Waals surface area contributed by atoms with Gasteiger partial charge < -0.3 is 19.8 Å². The monoisotopic (exact) mass is 968 g/mol. The standard InChI is InChI=1S/C58H115N2O6P/c1-6-8-10-12-14-16-17-18-19-20-21-22-23-24-25-26-27-28-29-30-31-32-33-34-35-36-37-38-39-40-41-42-43-44-46-48-50-52-58(62)59-56(55-66-67(63,64)65-54-53-60(3,4)5)57(61)51-49-47-45-15-13-11-9-7-2/h20-21,49,51,56-57,61H,6-19,22-48,50,52-55H2,1-5H3,(H-,59,62,63,64)/p+1/b21-20-,51-49+. The van der Waals surface area contributed by atoms with Crippen LogP contribution >= 0.6 is 7.82 Å². The van der Waals surface area contributed by atoms with Gasteiger partial charge in [-0.3, -0.25) is 13.8 Å². The summed E-state index contributed by atoms with van der Waals surface area (Å²) in [6.45, 7) is 4.79. The van der Waals surface area contributed by atoms with Crippen molar-refractivity contribution in [3.63, 3.8) is 0 Å². The average Bonchev–Trinajstić information content (AvgIpc) is 3.29. The van der Waals surface area contributed by atoms with Gasteiger partial charge in [0.05, 0.1) is 39.9 Å². The molecule has 9 heteroatoms. The molecule has 3 unspecified atom stereocenters. The fraction of sp³-hybridized carbons (Fsp3) is 0.914. The number of quaternary nitrogens is 1. The molecule has 0 heterocycles. The fourth-order valence-corrected chi connectivity index (χ4v) is 9.54. The van der Waals surface area contributed by atoms with E-state index in [2.05, 4.69) is 31.3 Å². The Hall–Kier alpha value is -1.02. The van der Waals surface area contributed by atoms with Crippen molar-refractivity contribution in [2.75, 3.05) is 40.9 Å². The van der Waals surface area contributed by atoms with Crippen LogP contribution in [0.3, 0.4) is 0 Å². The van der Waals surface area contributed by atoms with Gasteiger partial charge in [0.25, 0.3) is 0 Å². The zero-order valence-electron chi connectivity index (χ0n) is 45.4. The molecule has 0 bridgehead atoms. The summed E-state index contributed by atoms with van der Waals surface area (Å²) in [5.74, 6) is -0.175. The Morgan fingerprint density at radius 3 is 1.15 bits per heavy atom. The number of allylic oxidation sites excluding steroid dienone is 3. The third kappa shape index (κ3) is 52.6. The molecule has 0 aliphatic carbocycles. The highest BCUT2D eigenvalue weighted by atomic mass is 31.2. The molecule has 0 aliphatic heterocycles. The Bertz CT molecular complexity index is 1140. The van der Waals surface area contributed by atoms with Gasteiger partial charge in [0.15, 0.2) is 0 Å². The highest BCUT2D eigenvalue weighted by Crippen LogP contribution is 2.43. The lowest BCUT2D eigenvalue weighted by Crippen LogP contribution is -2.45. The van der Waals surface area contributed by atoms with Gasteiger partial charge in [0.1, 0.15) is 13.2 Å². The Balaban J connectivity index is 3.77. The molecule has 0 aromatic carbocycles. The van der Waals surface area contributed by atoms with Gasteiger partial charge in [-0.15, -0.1) is 0 Å². The Labute approximate surface area is 417 Å². The lowest BCUT2D eigenvalue weighted by Gasteiger charge is -2.25. The van der Waals surface area contributed by atoms with Crippen molar-refractivity contribution in [3.05, 3.63) is 24.3 Å². The first-order valence-corrected chi connectivity index (χ1v) is 30.7. The van der Waals surface area contributed by atoms with Crippen molar-refractivity contribution in [3.8, 4) is 0 Å². The molecule has 0 aromatic heterocycles. The number of nitrogens with one attached hydrogen (secondary N) is 1. The van der Waals surface area contributed by atoms with Crippen molar-refractivity contribution in [2.24, 2.45) is 0 Å². The molecule has 0 saturated heterocycles. The Morgan fingerprint density at radius 1 is 0.493 bits per heavy atom. The number of nitrogens with zero attached hydrogens (tertiary/aromatic N) is 1. The average molecular weight is 969 g/mol. The highest BCUT2D eigenvalue weighted by molar-refractivity contribution is 7.47. The third-order valence-electron chi connectivity index (χ3n) is 13.4. The zero-order valence-corrected chi connectivity index (χ0v) is 46.3. The van der Waals surface area contributed by atoms with Gasteiger partial charge in [-0.25, -0.2) is 4.57 Å². The van der Waals surface area contributed by atoms with Crippen LogP contribution in [0.4, 0.5) is 0 Å². The topological polar surface area (TPSA) is 105 Å². The number of likely N-dealkylation sites (N-methyl/N-ethyl adjacent to an activating group) is 1. The smallest absolute Gasteiger partial charge is 0.387 e. The fourth-order valence-electron chi connectivity index (χ4n) is 8.80. The molecular weight excluding hydrogens is 852 g/mol. The first-order valence-electron chi connectivity index (χ1n) is 29.2. The van der Waals surface area contributed by atoms with Crippen LogP contribution in [-0.2, 0) is 18.4 Å². The van der Waals surface area contributed by atoms with Crippen LogP contribution in [0.5, 0.6) is 0 Å². The number of rotatable bonds is 54. The number of amides is 1. The second kappa shape index (κ2) is 49.9. The van der Waals surface area contributed by atoms with Crippen molar-refractivity contribution < 1.29 is 32.9 Å². The molecule has 67 heavy (non-hydrogen) atoms. The number of hydrogen-bond acceptors (Lipinski definition) is 5. The van der Waals surface area contributed by atoms with Crippen molar-refractivity contribution >= 4 is 13.7 Å². The summed E-state index contributed by atoms with van der Waals surface area (Å²) in [6.07, 6.45) is 63.3. The van der Waals surface area contributed by atoms with E-state index in [1.165, 1.54) is 231 Å². The summed E-state index contributed by atoms with van der Waals surface area (Å²) < 4.78 is 23.5. The first kappa shape index (κ1) is 66.0. The number of unbranched alkanes of at least 4 members (excludes halogenated alkanes) is 39. The second-order valence-corrected chi connectivity index (χ2v) is 22.8. The first-order chi connectivity index (χ1) is 32.5. The second-order valence-electron chi connectivity index (χ2n) is 21.4. The van der Waals surface area contributed by atoms with Crippen molar-refractivity contribution in [1.29, 1.82) is 0 Å². The van der Waals surface area contributed by atoms with Gasteiger partial charge in [-0.2, -0.15) is 0 Å². The van der Waals surface area contributed by atoms with Crippen LogP contribution in [0.2, 0.25) is 0 Å². The zero-order chi connectivity index (χ0) is 49.2. The number of aliphatic hydroxyl groups is 1. The molecule has 398 valence electrons. The molecule has 3 N–H and O–H groups in total. The van der Waals surface area contributed by atoms with E-state index < -0.39 is 20.0 Å². The van der Waals surface area contributed by atoms with Gasteiger partial charge in [0.2, 0.25) is 5.91 Å². The van der Waals surface area contributed by atoms with Crippen LogP contribution in [0.25, 0.3) is 0 Å².